The minimum absolute atomic E-state index is 0.385. The van der Waals surface area contributed by atoms with Crippen molar-refractivity contribution in [3.8, 4) is 0 Å². The molecule has 1 heterocycles. The maximum absolute atomic E-state index is 12.3. The predicted octanol–water partition coefficient (Wildman–Crippen LogP) is 4.31. The van der Waals surface area contributed by atoms with Gasteiger partial charge in [-0.1, -0.05) is 31.1 Å². The van der Waals surface area contributed by atoms with E-state index in [0.717, 1.165) is 18.4 Å². The van der Waals surface area contributed by atoms with Crippen LogP contribution in [0, 0.1) is 0 Å². The van der Waals surface area contributed by atoms with E-state index < -0.39 is 19.0 Å². The second-order valence-corrected chi connectivity index (χ2v) is 7.08. The van der Waals surface area contributed by atoms with E-state index in [1.54, 1.807) is 0 Å². The van der Waals surface area contributed by atoms with Gasteiger partial charge in [0.05, 0.1) is 13.2 Å². The van der Waals surface area contributed by atoms with Crippen LogP contribution in [0.3, 0.4) is 0 Å². The van der Waals surface area contributed by atoms with Crippen LogP contribution in [-0.4, -0.2) is 13.2 Å². The summed E-state index contributed by atoms with van der Waals surface area (Å²) in [5.41, 5.74) is 1.12. The zero-order valence-electron chi connectivity index (χ0n) is 10.6. The first-order valence-corrected chi connectivity index (χ1v) is 8.69. The quantitative estimate of drug-likeness (QED) is 0.531. The topological polar surface area (TPSA) is 44.8 Å². The third kappa shape index (κ3) is 5.40. The minimum Gasteiger partial charge on any atom is -0.286 e. The van der Waals surface area contributed by atoms with Gasteiger partial charge in [0.15, 0.2) is 0 Å². The largest absolute Gasteiger partial charge is 0.484 e. The zero-order valence-corrected chi connectivity index (χ0v) is 12.4. The van der Waals surface area contributed by atoms with Crippen LogP contribution in [0.2, 0.25) is 0 Å². The van der Waals surface area contributed by atoms with E-state index in [-0.39, 0.29) is 0 Å². The molecule has 17 heavy (non-hydrogen) atoms. The number of rotatable bonds is 8. The van der Waals surface area contributed by atoms with E-state index in [4.69, 9.17) is 13.0 Å². The lowest BCUT2D eigenvalue weighted by molar-refractivity contribution is 0.162. The maximum atomic E-state index is 12.3. The van der Waals surface area contributed by atoms with Crippen LogP contribution < -0.4 is 0 Å². The Morgan fingerprint density at radius 2 is 1.82 bits per heavy atom. The average Bonchev–Trinajstić information content (AvgIpc) is 2.69. The highest BCUT2D eigenvalue weighted by atomic mass is 32.2. The predicted molar refractivity (Wildman–Crippen MR) is 73.1 cm³/mol. The summed E-state index contributed by atoms with van der Waals surface area (Å²) in [5, 5.41) is 3.86. The molecule has 0 aromatic rings. The summed E-state index contributed by atoms with van der Waals surface area (Å²) in [6.07, 6.45) is 3.52. The van der Waals surface area contributed by atoms with E-state index in [0.29, 0.717) is 13.2 Å². The maximum Gasteiger partial charge on any atom is 0.484 e. The Labute approximate surface area is 106 Å². The Hall–Kier alpha value is -0.0600. The summed E-state index contributed by atoms with van der Waals surface area (Å²) in [5.74, 6) is 0. The smallest absolute Gasteiger partial charge is 0.286 e. The molecule has 6 heteroatoms. The lowest BCUT2D eigenvalue weighted by Gasteiger charge is -2.20. The monoisotopic (exact) mass is 280 g/mol. The average molecular weight is 280 g/mol. The summed E-state index contributed by atoms with van der Waals surface area (Å²) < 4.78 is 28.3. The molecule has 0 saturated carbocycles. The van der Waals surface area contributed by atoms with Crippen LogP contribution in [0.25, 0.3) is 0 Å². The van der Waals surface area contributed by atoms with Crippen molar-refractivity contribution in [2.24, 2.45) is 0 Å². The van der Waals surface area contributed by atoms with E-state index in [9.17, 15) is 4.57 Å². The van der Waals surface area contributed by atoms with Crippen LogP contribution in [0.1, 0.15) is 33.6 Å². The first-order valence-electron chi connectivity index (χ1n) is 5.83. The lowest BCUT2D eigenvalue weighted by Crippen LogP contribution is -2.00. The van der Waals surface area contributed by atoms with Crippen molar-refractivity contribution in [2.75, 3.05) is 13.2 Å². The Bertz CT molecular complexity index is 328. The number of phosphoric acid groups is 1. The van der Waals surface area contributed by atoms with Crippen molar-refractivity contribution >= 4 is 19.0 Å². The normalized spacial score (nSPS) is 21.8. The molecule has 0 aliphatic carbocycles. The van der Waals surface area contributed by atoms with Crippen molar-refractivity contribution in [2.45, 2.75) is 33.6 Å². The molecule has 0 aromatic carbocycles. The Morgan fingerprint density at radius 1 is 1.24 bits per heavy atom. The zero-order chi connectivity index (χ0) is 12.7. The fraction of sp³-hybridized carbons (Fsp3) is 0.636. The van der Waals surface area contributed by atoms with Crippen molar-refractivity contribution in [1.29, 1.82) is 0 Å². The van der Waals surface area contributed by atoms with Crippen LogP contribution in [0.5, 0.6) is 0 Å². The molecule has 1 unspecified atom stereocenters. The van der Waals surface area contributed by atoms with Gasteiger partial charge in [-0.2, -0.15) is 0 Å². The SMILES string of the molecule is CCCOP(=O)(OCCC)O[SH]1C=CC(C)=C1. The molecule has 4 nitrogen and oxygen atoms in total. The molecule has 0 radical (unpaired) electrons. The van der Waals surface area contributed by atoms with Crippen molar-refractivity contribution in [1.82, 2.24) is 0 Å². The first-order chi connectivity index (χ1) is 8.09. The van der Waals surface area contributed by atoms with Crippen molar-refractivity contribution < 1.29 is 17.6 Å². The van der Waals surface area contributed by atoms with Gasteiger partial charge in [0.25, 0.3) is 0 Å². The molecule has 0 fully saturated rings. The fourth-order valence-electron chi connectivity index (χ4n) is 1.13. The van der Waals surface area contributed by atoms with Crippen LogP contribution >= 0.6 is 19.0 Å². The van der Waals surface area contributed by atoms with Crippen molar-refractivity contribution in [3.05, 3.63) is 22.5 Å². The van der Waals surface area contributed by atoms with Gasteiger partial charge in [-0.3, -0.25) is 9.05 Å². The minimum atomic E-state index is -3.40. The number of hydrogen-bond acceptors (Lipinski definition) is 4. The van der Waals surface area contributed by atoms with Gasteiger partial charge in [0.2, 0.25) is 0 Å². The molecule has 1 aliphatic heterocycles. The number of allylic oxidation sites excluding steroid dienone is 2. The summed E-state index contributed by atoms with van der Waals surface area (Å²) in [7, 11) is -3.40. The van der Waals surface area contributed by atoms with Gasteiger partial charge < -0.3 is 0 Å². The van der Waals surface area contributed by atoms with Gasteiger partial charge >= 0.3 is 7.82 Å². The van der Waals surface area contributed by atoms with Gasteiger partial charge in [0.1, 0.15) is 0 Å². The number of hydrogen-bond donors (Lipinski definition) is 1. The molecule has 1 rings (SSSR count). The second-order valence-electron chi connectivity index (χ2n) is 3.74. The third-order valence-corrected chi connectivity index (χ3v) is 5.57. The first kappa shape index (κ1) is 15.0. The molecule has 0 spiro atoms. The summed E-state index contributed by atoms with van der Waals surface area (Å²) in [6.45, 7) is 6.66. The number of phosphoric ester groups is 1. The van der Waals surface area contributed by atoms with Gasteiger partial charge in [-0.15, -0.1) is 0 Å². The third-order valence-electron chi connectivity index (χ3n) is 1.92. The van der Waals surface area contributed by atoms with Crippen molar-refractivity contribution in [3.63, 3.8) is 0 Å². The van der Waals surface area contributed by atoms with Gasteiger partial charge in [-0.25, -0.2) is 8.54 Å². The second kappa shape index (κ2) is 7.39. The van der Waals surface area contributed by atoms with Gasteiger partial charge in [0, 0.05) is 0 Å². The van der Waals surface area contributed by atoms with Crippen LogP contribution in [-0.2, 0) is 17.6 Å². The molecule has 0 bridgehead atoms. The summed E-state index contributed by atoms with van der Waals surface area (Å²) in [6, 6.07) is 0. The molecule has 0 aromatic heterocycles. The summed E-state index contributed by atoms with van der Waals surface area (Å²) in [4.78, 5) is 0. The lowest BCUT2D eigenvalue weighted by atomic mass is 10.4. The Balaban J connectivity index is 2.56. The highest BCUT2D eigenvalue weighted by molar-refractivity contribution is 8.20. The summed E-state index contributed by atoms with van der Waals surface area (Å²) >= 11 is -0.961. The molecule has 0 saturated heterocycles. The Kier molecular flexibility index (Phi) is 6.52. The van der Waals surface area contributed by atoms with E-state index in [2.05, 4.69) is 0 Å². The standard InChI is InChI=1S/C11H21O4PS/c1-4-7-13-16(12,14-8-5-2)15-17-9-6-11(3)10-17/h6,9-10,17H,4-5,7-8H2,1-3H3. The van der Waals surface area contributed by atoms with E-state index in [1.165, 1.54) is 0 Å². The molecular weight excluding hydrogens is 259 g/mol. The molecule has 1 atom stereocenters. The van der Waals surface area contributed by atoms with Crippen LogP contribution in [0.4, 0.5) is 0 Å². The molecule has 0 amide bonds. The molecule has 100 valence electrons. The highest BCUT2D eigenvalue weighted by Crippen LogP contribution is 2.59. The molecular formula is C11H21O4PS. The van der Waals surface area contributed by atoms with Gasteiger partial charge in [-0.05, 0) is 36.2 Å². The van der Waals surface area contributed by atoms with E-state index >= 15 is 0 Å². The fourth-order valence-corrected chi connectivity index (χ4v) is 4.68. The molecule has 1 aliphatic rings. The Morgan fingerprint density at radius 3 is 2.24 bits per heavy atom. The van der Waals surface area contributed by atoms with E-state index in [1.807, 2.05) is 37.7 Å². The highest BCUT2D eigenvalue weighted by Gasteiger charge is 2.28. The number of thiol groups is 1. The molecule has 0 N–H and O–H groups in total. The van der Waals surface area contributed by atoms with Crippen LogP contribution in [0.15, 0.2) is 22.5 Å².